The number of halogens is 1. The summed E-state index contributed by atoms with van der Waals surface area (Å²) in [4.78, 5) is 12.9. The standard InChI is InChI=1S/C24H17ClN4O/c25-20-8-4-5-9-21(20)27-24(30)22-14-15-26-29(22)23-13-12-19-11-10-18(16-28(19)23)17-6-2-1-3-7-17/h1-16H,(H,27,30). The normalized spacial score (nSPS) is 11.0. The molecule has 1 amide bonds. The van der Waals surface area contributed by atoms with Crippen molar-refractivity contribution in [3.8, 4) is 16.9 Å². The molecule has 1 N–H and O–H groups in total. The Hall–Kier alpha value is -3.83. The number of benzene rings is 2. The molecule has 0 bridgehead atoms. The van der Waals surface area contributed by atoms with E-state index in [4.69, 9.17) is 11.6 Å². The number of carbonyl (C=O) groups excluding carboxylic acids is 1. The summed E-state index contributed by atoms with van der Waals surface area (Å²) >= 11 is 6.18. The first kappa shape index (κ1) is 18.2. The van der Waals surface area contributed by atoms with Gasteiger partial charge < -0.3 is 9.72 Å². The van der Waals surface area contributed by atoms with Crippen molar-refractivity contribution in [1.29, 1.82) is 0 Å². The van der Waals surface area contributed by atoms with E-state index in [-0.39, 0.29) is 5.91 Å². The smallest absolute Gasteiger partial charge is 0.274 e. The highest BCUT2D eigenvalue weighted by Crippen LogP contribution is 2.24. The third-order valence-corrected chi connectivity index (χ3v) is 5.28. The highest BCUT2D eigenvalue weighted by atomic mass is 35.5. The summed E-state index contributed by atoms with van der Waals surface area (Å²) in [6, 6.07) is 27.1. The van der Waals surface area contributed by atoms with E-state index < -0.39 is 0 Å². The Balaban J connectivity index is 1.55. The Morgan fingerprint density at radius 3 is 2.43 bits per heavy atom. The van der Waals surface area contributed by atoms with E-state index in [9.17, 15) is 4.79 Å². The second-order valence-electron chi connectivity index (χ2n) is 6.83. The van der Waals surface area contributed by atoms with Gasteiger partial charge in [-0.2, -0.15) is 5.10 Å². The minimum absolute atomic E-state index is 0.283. The molecule has 3 heterocycles. The van der Waals surface area contributed by atoms with Gasteiger partial charge in [0.2, 0.25) is 0 Å². The third kappa shape index (κ3) is 3.25. The first-order valence-corrected chi connectivity index (χ1v) is 9.85. The molecule has 0 atom stereocenters. The predicted octanol–water partition coefficient (Wildman–Crippen LogP) is 5.70. The van der Waals surface area contributed by atoms with Crippen LogP contribution in [0.5, 0.6) is 0 Å². The molecule has 0 fully saturated rings. The van der Waals surface area contributed by atoms with Crippen LogP contribution in [-0.4, -0.2) is 20.1 Å². The fourth-order valence-electron chi connectivity index (χ4n) is 3.47. The van der Waals surface area contributed by atoms with E-state index in [0.29, 0.717) is 16.4 Å². The Morgan fingerprint density at radius 2 is 1.60 bits per heavy atom. The van der Waals surface area contributed by atoms with Gasteiger partial charge in [-0.05, 0) is 47.5 Å². The number of nitrogens with zero attached hydrogens (tertiary/aromatic N) is 3. The van der Waals surface area contributed by atoms with Crippen molar-refractivity contribution >= 4 is 28.7 Å². The molecule has 0 spiro atoms. The van der Waals surface area contributed by atoms with Crippen LogP contribution < -0.4 is 5.32 Å². The van der Waals surface area contributed by atoms with Gasteiger partial charge in [0, 0.05) is 11.7 Å². The summed E-state index contributed by atoms with van der Waals surface area (Å²) in [5.74, 6) is 0.492. The van der Waals surface area contributed by atoms with Gasteiger partial charge >= 0.3 is 0 Å². The number of hydrogen-bond acceptors (Lipinski definition) is 2. The van der Waals surface area contributed by atoms with E-state index in [1.165, 1.54) is 0 Å². The number of fused-ring (bicyclic) bond motifs is 1. The second kappa shape index (κ2) is 7.54. The summed E-state index contributed by atoms with van der Waals surface area (Å²) in [5.41, 5.74) is 4.19. The Morgan fingerprint density at radius 1 is 0.833 bits per heavy atom. The fraction of sp³-hybridized carbons (Fsp3) is 0. The number of anilines is 1. The van der Waals surface area contributed by atoms with Crippen LogP contribution in [0.15, 0.2) is 97.3 Å². The van der Waals surface area contributed by atoms with E-state index in [1.54, 1.807) is 29.1 Å². The van der Waals surface area contributed by atoms with Crippen LogP contribution in [0.2, 0.25) is 5.02 Å². The third-order valence-electron chi connectivity index (χ3n) is 4.95. The van der Waals surface area contributed by atoms with Gasteiger partial charge in [-0.15, -0.1) is 0 Å². The molecule has 5 nitrogen and oxygen atoms in total. The van der Waals surface area contributed by atoms with E-state index in [0.717, 1.165) is 22.5 Å². The summed E-state index contributed by atoms with van der Waals surface area (Å²) in [6.45, 7) is 0. The average Bonchev–Trinajstić information content (AvgIpc) is 3.42. The molecule has 3 aromatic heterocycles. The van der Waals surface area contributed by atoms with Gasteiger partial charge in [0.1, 0.15) is 11.5 Å². The van der Waals surface area contributed by atoms with Gasteiger partial charge in [0.25, 0.3) is 5.91 Å². The maximum absolute atomic E-state index is 12.9. The van der Waals surface area contributed by atoms with Gasteiger partial charge in [-0.3, -0.25) is 4.79 Å². The zero-order valence-corrected chi connectivity index (χ0v) is 16.6. The average molecular weight is 413 g/mol. The Labute approximate surface area is 178 Å². The zero-order valence-electron chi connectivity index (χ0n) is 15.9. The largest absolute Gasteiger partial charge is 0.319 e. The molecule has 0 aliphatic carbocycles. The number of hydrogen-bond donors (Lipinski definition) is 1. The molecule has 5 rings (SSSR count). The van der Waals surface area contributed by atoms with Crippen LogP contribution in [-0.2, 0) is 0 Å². The van der Waals surface area contributed by atoms with Crippen molar-refractivity contribution in [3.63, 3.8) is 0 Å². The molecule has 5 aromatic rings. The lowest BCUT2D eigenvalue weighted by Gasteiger charge is -2.11. The summed E-state index contributed by atoms with van der Waals surface area (Å²) in [6.07, 6.45) is 3.67. The first-order valence-electron chi connectivity index (χ1n) is 9.47. The molecule has 0 saturated heterocycles. The quantitative estimate of drug-likeness (QED) is 0.411. The summed E-state index contributed by atoms with van der Waals surface area (Å²) in [7, 11) is 0. The molecule has 2 aromatic carbocycles. The van der Waals surface area contributed by atoms with Crippen molar-refractivity contribution in [2.45, 2.75) is 0 Å². The molecule has 0 aliphatic heterocycles. The number of carbonyl (C=O) groups is 1. The number of amides is 1. The molecule has 0 radical (unpaired) electrons. The van der Waals surface area contributed by atoms with Crippen molar-refractivity contribution in [1.82, 2.24) is 14.2 Å². The van der Waals surface area contributed by atoms with Crippen molar-refractivity contribution in [3.05, 3.63) is 108 Å². The summed E-state index contributed by atoms with van der Waals surface area (Å²) in [5, 5.41) is 7.74. The fourth-order valence-corrected chi connectivity index (χ4v) is 3.65. The van der Waals surface area contributed by atoms with Gasteiger partial charge in [0.05, 0.1) is 16.9 Å². The van der Waals surface area contributed by atoms with E-state index in [1.807, 2.05) is 46.9 Å². The van der Waals surface area contributed by atoms with Gasteiger partial charge in [0.15, 0.2) is 0 Å². The molecule has 0 saturated carbocycles. The monoisotopic (exact) mass is 412 g/mol. The number of aromatic nitrogens is 3. The van der Waals surface area contributed by atoms with Crippen molar-refractivity contribution in [2.24, 2.45) is 0 Å². The zero-order chi connectivity index (χ0) is 20.5. The highest BCUT2D eigenvalue weighted by molar-refractivity contribution is 6.33. The Kier molecular flexibility index (Phi) is 4.58. The molecule has 146 valence electrons. The SMILES string of the molecule is O=C(Nc1ccccc1Cl)c1ccnn1-c1ccc2ccc(-c3ccccc3)cn12. The summed E-state index contributed by atoms with van der Waals surface area (Å²) < 4.78 is 3.66. The van der Waals surface area contributed by atoms with E-state index >= 15 is 0 Å². The van der Waals surface area contributed by atoms with Gasteiger partial charge in [-0.25, -0.2) is 4.68 Å². The number of pyridine rings is 1. The minimum atomic E-state index is -0.283. The highest BCUT2D eigenvalue weighted by Gasteiger charge is 2.17. The number of rotatable bonds is 4. The van der Waals surface area contributed by atoms with Crippen LogP contribution in [0.1, 0.15) is 10.5 Å². The Bertz CT molecular complexity index is 1350. The molecular formula is C24H17ClN4O. The molecule has 6 heteroatoms. The van der Waals surface area contributed by atoms with Crippen LogP contribution >= 0.6 is 11.6 Å². The van der Waals surface area contributed by atoms with Crippen LogP contribution in [0.4, 0.5) is 5.69 Å². The number of para-hydroxylation sites is 1. The second-order valence-corrected chi connectivity index (χ2v) is 7.24. The van der Waals surface area contributed by atoms with Crippen molar-refractivity contribution in [2.75, 3.05) is 5.32 Å². The van der Waals surface area contributed by atoms with Crippen LogP contribution in [0, 0.1) is 0 Å². The molecule has 30 heavy (non-hydrogen) atoms. The van der Waals surface area contributed by atoms with Gasteiger partial charge in [-0.1, -0.05) is 60.1 Å². The van der Waals surface area contributed by atoms with E-state index in [2.05, 4.69) is 40.9 Å². The van der Waals surface area contributed by atoms with Crippen LogP contribution in [0.25, 0.3) is 22.5 Å². The lowest BCUT2D eigenvalue weighted by Crippen LogP contribution is -2.18. The first-order chi connectivity index (χ1) is 14.7. The predicted molar refractivity (Wildman–Crippen MR) is 119 cm³/mol. The van der Waals surface area contributed by atoms with Crippen LogP contribution in [0.3, 0.4) is 0 Å². The lowest BCUT2D eigenvalue weighted by molar-refractivity contribution is 0.101. The molecule has 0 unspecified atom stereocenters. The molecular weight excluding hydrogens is 396 g/mol. The minimum Gasteiger partial charge on any atom is -0.319 e. The number of nitrogens with one attached hydrogen (secondary N) is 1. The molecule has 0 aliphatic rings. The topological polar surface area (TPSA) is 51.3 Å². The maximum atomic E-state index is 12.9. The van der Waals surface area contributed by atoms with Crippen molar-refractivity contribution < 1.29 is 4.79 Å². The lowest BCUT2D eigenvalue weighted by atomic mass is 10.1. The maximum Gasteiger partial charge on any atom is 0.274 e.